The van der Waals surface area contributed by atoms with Gasteiger partial charge in [-0.15, -0.1) is 0 Å². The molecule has 4 heteroatoms. The summed E-state index contributed by atoms with van der Waals surface area (Å²) in [5.74, 6) is 1.65. The molecule has 0 unspecified atom stereocenters. The van der Waals surface area contributed by atoms with E-state index >= 15 is 0 Å². The maximum Gasteiger partial charge on any atom is 0.135 e. The Hall–Kier alpha value is -1.71. The van der Waals surface area contributed by atoms with Gasteiger partial charge in [-0.1, -0.05) is 47.0 Å². The summed E-state index contributed by atoms with van der Waals surface area (Å²) in [6.45, 7) is 4.52. The SMILES string of the molecule is Cc1ccc(OC[C@H]2O[C@H](Cl)C[C@@H]2Oc2ccc(C)cc2)cc1. The Morgan fingerprint density at radius 2 is 1.52 bits per heavy atom. The van der Waals surface area contributed by atoms with Crippen LogP contribution in [-0.4, -0.2) is 24.4 Å². The third kappa shape index (κ3) is 4.40. The van der Waals surface area contributed by atoms with Gasteiger partial charge in [0.25, 0.3) is 0 Å². The van der Waals surface area contributed by atoms with Crippen LogP contribution in [0.4, 0.5) is 0 Å². The standard InChI is InChI=1S/C19H21ClO3/c1-13-3-7-15(8-4-13)21-12-18-17(11-19(20)23-18)22-16-9-5-14(2)6-10-16/h3-10,17-19H,11-12H2,1-2H3/t17-,18+,19-/m0/s1. The number of rotatable bonds is 5. The predicted molar refractivity (Wildman–Crippen MR) is 91.4 cm³/mol. The van der Waals surface area contributed by atoms with E-state index in [1.54, 1.807) is 0 Å². The highest BCUT2D eigenvalue weighted by atomic mass is 35.5. The molecule has 0 spiro atoms. The van der Waals surface area contributed by atoms with Gasteiger partial charge >= 0.3 is 0 Å². The van der Waals surface area contributed by atoms with Crippen LogP contribution < -0.4 is 9.47 Å². The van der Waals surface area contributed by atoms with Gasteiger partial charge < -0.3 is 14.2 Å². The highest BCUT2D eigenvalue weighted by Gasteiger charge is 2.36. The normalized spacial score (nSPS) is 23.7. The van der Waals surface area contributed by atoms with E-state index in [9.17, 15) is 0 Å². The van der Waals surface area contributed by atoms with Crippen LogP contribution >= 0.6 is 11.6 Å². The molecule has 2 aromatic rings. The zero-order valence-electron chi connectivity index (χ0n) is 13.4. The average Bonchev–Trinajstić information content (AvgIpc) is 2.89. The van der Waals surface area contributed by atoms with Crippen LogP contribution in [-0.2, 0) is 4.74 Å². The first kappa shape index (κ1) is 16.2. The summed E-state index contributed by atoms with van der Waals surface area (Å²) < 4.78 is 17.6. The first-order chi connectivity index (χ1) is 11.1. The monoisotopic (exact) mass is 332 g/mol. The Bertz CT molecular complexity index is 624. The highest BCUT2D eigenvalue weighted by molar-refractivity contribution is 6.19. The summed E-state index contributed by atoms with van der Waals surface area (Å²) in [7, 11) is 0. The Balaban J connectivity index is 1.60. The number of hydrogen-bond donors (Lipinski definition) is 0. The van der Waals surface area contributed by atoms with Gasteiger partial charge in [0.2, 0.25) is 0 Å². The molecule has 2 aromatic carbocycles. The highest BCUT2D eigenvalue weighted by Crippen LogP contribution is 2.28. The summed E-state index contributed by atoms with van der Waals surface area (Å²) in [5, 5.41) is 0. The summed E-state index contributed by atoms with van der Waals surface area (Å²) >= 11 is 6.14. The molecule has 23 heavy (non-hydrogen) atoms. The van der Waals surface area contributed by atoms with E-state index < -0.39 is 0 Å². The molecule has 0 saturated carbocycles. The van der Waals surface area contributed by atoms with E-state index in [4.69, 9.17) is 25.8 Å². The molecular formula is C19H21ClO3. The Morgan fingerprint density at radius 3 is 2.13 bits per heavy atom. The van der Waals surface area contributed by atoms with Crippen LogP contribution in [0.5, 0.6) is 11.5 Å². The lowest BCUT2D eigenvalue weighted by Gasteiger charge is -2.20. The van der Waals surface area contributed by atoms with Crippen molar-refractivity contribution in [1.29, 1.82) is 0 Å². The smallest absolute Gasteiger partial charge is 0.135 e. The van der Waals surface area contributed by atoms with Crippen molar-refractivity contribution in [3.63, 3.8) is 0 Å². The Kier molecular flexibility index (Phi) is 5.09. The quantitative estimate of drug-likeness (QED) is 0.755. The average molecular weight is 333 g/mol. The van der Waals surface area contributed by atoms with Crippen molar-refractivity contribution in [2.45, 2.75) is 38.0 Å². The number of halogens is 1. The van der Waals surface area contributed by atoms with Crippen LogP contribution in [0.1, 0.15) is 17.5 Å². The number of ether oxygens (including phenoxy) is 3. The second kappa shape index (κ2) is 7.24. The maximum atomic E-state index is 6.14. The molecule has 0 N–H and O–H groups in total. The van der Waals surface area contributed by atoms with Gasteiger partial charge in [0.1, 0.15) is 35.9 Å². The lowest BCUT2D eigenvalue weighted by atomic mass is 10.2. The minimum absolute atomic E-state index is 0.106. The first-order valence-electron chi connectivity index (χ1n) is 7.82. The third-order valence-corrected chi connectivity index (χ3v) is 4.18. The van der Waals surface area contributed by atoms with Gasteiger partial charge in [-0.25, -0.2) is 0 Å². The molecule has 122 valence electrons. The number of benzene rings is 2. The lowest BCUT2D eigenvalue weighted by molar-refractivity contribution is 0.0107. The Labute approximate surface area is 142 Å². The van der Waals surface area contributed by atoms with Crippen molar-refractivity contribution in [2.75, 3.05) is 6.61 Å². The van der Waals surface area contributed by atoms with Crippen LogP contribution in [0.25, 0.3) is 0 Å². The fourth-order valence-corrected chi connectivity index (χ4v) is 2.85. The zero-order chi connectivity index (χ0) is 16.2. The van der Waals surface area contributed by atoms with E-state index in [1.807, 2.05) is 55.5 Å². The molecule has 0 aromatic heterocycles. The van der Waals surface area contributed by atoms with Crippen molar-refractivity contribution < 1.29 is 14.2 Å². The molecular weight excluding hydrogens is 312 g/mol. The molecule has 1 heterocycles. The van der Waals surface area contributed by atoms with Gasteiger partial charge in [0, 0.05) is 6.42 Å². The van der Waals surface area contributed by atoms with Crippen molar-refractivity contribution >= 4 is 11.6 Å². The zero-order valence-corrected chi connectivity index (χ0v) is 14.1. The summed E-state index contributed by atoms with van der Waals surface area (Å²) in [6.07, 6.45) is 0.364. The number of hydrogen-bond acceptors (Lipinski definition) is 3. The molecule has 0 bridgehead atoms. The molecule has 1 saturated heterocycles. The van der Waals surface area contributed by atoms with E-state index in [1.165, 1.54) is 11.1 Å². The van der Waals surface area contributed by atoms with Gasteiger partial charge in [0.15, 0.2) is 0 Å². The van der Waals surface area contributed by atoms with Gasteiger partial charge in [0.05, 0.1) is 0 Å². The topological polar surface area (TPSA) is 27.7 Å². The Morgan fingerprint density at radius 1 is 0.957 bits per heavy atom. The van der Waals surface area contributed by atoms with Crippen LogP contribution in [0.15, 0.2) is 48.5 Å². The molecule has 0 amide bonds. The number of alkyl halides is 1. The molecule has 1 fully saturated rings. The fourth-order valence-electron chi connectivity index (χ4n) is 2.54. The minimum Gasteiger partial charge on any atom is -0.491 e. The largest absolute Gasteiger partial charge is 0.491 e. The molecule has 0 radical (unpaired) electrons. The van der Waals surface area contributed by atoms with Crippen molar-refractivity contribution in [1.82, 2.24) is 0 Å². The first-order valence-corrected chi connectivity index (χ1v) is 8.26. The lowest BCUT2D eigenvalue weighted by Crippen LogP contribution is -2.32. The molecule has 1 aliphatic rings. The minimum atomic E-state index is -0.336. The van der Waals surface area contributed by atoms with Gasteiger partial charge in [-0.3, -0.25) is 0 Å². The second-order valence-corrected chi connectivity index (χ2v) is 6.40. The van der Waals surface area contributed by atoms with Crippen molar-refractivity contribution in [2.24, 2.45) is 0 Å². The predicted octanol–water partition coefficient (Wildman–Crippen LogP) is 4.48. The third-order valence-electron chi connectivity index (χ3n) is 3.90. The van der Waals surface area contributed by atoms with Crippen LogP contribution in [0, 0.1) is 13.8 Å². The fraction of sp³-hybridized carbons (Fsp3) is 0.368. The molecule has 0 aliphatic carbocycles. The second-order valence-electron chi connectivity index (χ2n) is 5.91. The van der Waals surface area contributed by atoms with Gasteiger partial charge in [-0.2, -0.15) is 0 Å². The van der Waals surface area contributed by atoms with Crippen molar-refractivity contribution in [3.8, 4) is 11.5 Å². The molecule has 3 rings (SSSR count). The number of aryl methyl sites for hydroxylation is 2. The maximum absolute atomic E-state index is 6.14. The van der Waals surface area contributed by atoms with E-state index in [0.29, 0.717) is 13.0 Å². The van der Waals surface area contributed by atoms with E-state index in [0.717, 1.165) is 11.5 Å². The van der Waals surface area contributed by atoms with Gasteiger partial charge in [-0.05, 0) is 38.1 Å². The van der Waals surface area contributed by atoms with E-state index in [2.05, 4.69) is 6.92 Å². The molecule has 3 atom stereocenters. The summed E-state index contributed by atoms with van der Waals surface area (Å²) in [6, 6.07) is 16.0. The van der Waals surface area contributed by atoms with Crippen LogP contribution in [0.3, 0.4) is 0 Å². The molecule has 3 nitrogen and oxygen atoms in total. The summed E-state index contributed by atoms with van der Waals surface area (Å²) in [5.41, 5.74) is 2.07. The molecule has 1 aliphatic heterocycles. The van der Waals surface area contributed by atoms with Crippen molar-refractivity contribution in [3.05, 3.63) is 59.7 Å². The van der Waals surface area contributed by atoms with E-state index in [-0.39, 0.29) is 17.8 Å². The van der Waals surface area contributed by atoms with Crippen LogP contribution in [0.2, 0.25) is 0 Å². The summed E-state index contributed by atoms with van der Waals surface area (Å²) in [4.78, 5) is 0.